The van der Waals surface area contributed by atoms with E-state index in [1.54, 1.807) is 25.3 Å². The standard InChI is InChI=1S/C20H20ClNO3/c1-3-10-25-18-9-6-15(13-19(18)24-2)12-16(20(22)23)11-14-4-7-17(21)8-5-14/h1,4-9,13,16H,10-12H2,2H3,(H2,22,23). The van der Waals surface area contributed by atoms with Crippen LogP contribution >= 0.6 is 11.6 Å². The Morgan fingerprint density at radius 3 is 2.40 bits per heavy atom. The number of terminal acetylenes is 1. The first-order chi connectivity index (χ1) is 12.0. The topological polar surface area (TPSA) is 61.5 Å². The normalized spacial score (nSPS) is 11.4. The van der Waals surface area contributed by atoms with Crippen LogP contribution in [0.4, 0.5) is 0 Å². The summed E-state index contributed by atoms with van der Waals surface area (Å²) in [5.41, 5.74) is 7.53. The second-order valence-electron chi connectivity index (χ2n) is 5.61. The molecule has 2 aromatic carbocycles. The molecule has 0 aliphatic heterocycles. The summed E-state index contributed by atoms with van der Waals surface area (Å²) in [6.07, 6.45) is 6.25. The minimum atomic E-state index is -0.346. The van der Waals surface area contributed by atoms with E-state index in [0.717, 1.165) is 11.1 Å². The number of halogens is 1. The number of nitrogens with two attached hydrogens (primary N) is 1. The molecule has 0 fully saturated rings. The summed E-state index contributed by atoms with van der Waals surface area (Å²) >= 11 is 5.90. The molecule has 0 aromatic heterocycles. The maximum atomic E-state index is 11.9. The van der Waals surface area contributed by atoms with Crippen molar-refractivity contribution in [2.75, 3.05) is 13.7 Å². The number of carbonyl (C=O) groups is 1. The van der Waals surface area contributed by atoms with Crippen LogP contribution in [0, 0.1) is 18.3 Å². The molecule has 0 saturated carbocycles. The van der Waals surface area contributed by atoms with Crippen molar-refractivity contribution in [1.82, 2.24) is 0 Å². The molecule has 0 bridgehead atoms. The lowest BCUT2D eigenvalue weighted by Gasteiger charge is -2.15. The Labute approximate surface area is 152 Å². The number of amides is 1. The van der Waals surface area contributed by atoms with E-state index >= 15 is 0 Å². The van der Waals surface area contributed by atoms with Crippen molar-refractivity contribution in [1.29, 1.82) is 0 Å². The molecule has 2 aromatic rings. The molecular weight excluding hydrogens is 338 g/mol. The van der Waals surface area contributed by atoms with E-state index in [4.69, 9.17) is 33.2 Å². The monoisotopic (exact) mass is 357 g/mol. The van der Waals surface area contributed by atoms with Gasteiger partial charge in [0.1, 0.15) is 6.61 Å². The van der Waals surface area contributed by atoms with Gasteiger partial charge >= 0.3 is 0 Å². The van der Waals surface area contributed by atoms with E-state index in [9.17, 15) is 4.79 Å². The van der Waals surface area contributed by atoms with Gasteiger partial charge in [0, 0.05) is 10.9 Å². The first-order valence-electron chi connectivity index (χ1n) is 7.80. The van der Waals surface area contributed by atoms with Crippen LogP contribution in [0.2, 0.25) is 5.02 Å². The molecule has 25 heavy (non-hydrogen) atoms. The molecule has 0 spiro atoms. The number of hydrogen-bond donors (Lipinski definition) is 1. The van der Waals surface area contributed by atoms with E-state index in [1.165, 1.54) is 0 Å². The molecule has 5 heteroatoms. The van der Waals surface area contributed by atoms with Gasteiger partial charge in [-0.25, -0.2) is 0 Å². The van der Waals surface area contributed by atoms with Gasteiger partial charge in [-0.2, -0.15) is 0 Å². The summed E-state index contributed by atoms with van der Waals surface area (Å²) in [6, 6.07) is 12.9. The molecule has 1 amide bonds. The lowest BCUT2D eigenvalue weighted by atomic mass is 9.92. The minimum absolute atomic E-state index is 0.163. The molecule has 1 unspecified atom stereocenters. The highest BCUT2D eigenvalue weighted by atomic mass is 35.5. The summed E-state index contributed by atoms with van der Waals surface area (Å²) in [5.74, 6) is 2.88. The largest absolute Gasteiger partial charge is 0.493 e. The van der Waals surface area contributed by atoms with Gasteiger partial charge in [-0.3, -0.25) is 4.79 Å². The molecule has 0 aliphatic rings. The maximum absolute atomic E-state index is 11.9. The Morgan fingerprint density at radius 2 is 1.80 bits per heavy atom. The van der Waals surface area contributed by atoms with Crippen LogP contribution in [0.3, 0.4) is 0 Å². The number of ether oxygens (including phenoxy) is 2. The number of rotatable bonds is 8. The van der Waals surface area contributed by atoms with Gasteiger partial charge in [0.05, 0.1) is 7.11 Å². The highest BCUT2D eigenvalue weighted by Gasteiger charge is 2.18. The van der Waals surface area contributed by atoms with Gasteiger partial charge in [-0.05, 0) is 48.2 Å². The van der Waals surface area contributed by atoms with E-state index in [1.807, 2.05) is 24.3 Å². The average molecular weight is 358 g/mol. The predicted molar refractivity (Wildman–Crippen MR) is 98.9 cm³/mol. The molecule has 4 nitrogen and oxygen atoms in total. The van der Waals surface area contributed by atoms with Crippen LogP contribution in [0.25, 0.3) is 0 Å². The fourth-order valence-electron chi connectivity index (χ4n) is 2.54. The van der Waals surface area contributed by atoms with E-state index in [-0.39, 0.29) is 18.4 Å². The molecule has 0 radical (unpaired) electrons. The summed E-state index contributed by atoms with van der Waals surface area (Å²) in [6.45, 7) is 0.163. The average Bonchev–Trinajstić information content (AvgIpc) is 2.61. The summed E-state index contributed by atoms with van der Waals surface area (Å²) in [4.78, 5) is 11.9. The van der Waals surface area contributed by atoms with Gasteiger partial charge < -0.3 is 15.2 Å². The van der Waals surface area contributed by atoms with Crippen LogP contribution in [0.1, 0.15) is 11.1 Å². The second kappa shape index (κ2) is 9.00. The SMILES string of the molecule is C#CCOc1ccc(CC(Cc2ccc(Cl)cc2)C(N)=O)cc1OC. The van der Waals surface area contributed by atoms with Crippen molar-refractivity contribution in [3.63, 3.8) is 0 Å². The molecular formula is C20H20ClNO3. The van der Waals surface area contributed by atoms with Crippen LogP contribution in [0.5, 0.6) is 11.5 Å². The van der Waals surface area contributed by atoms with Crippen LogP contribution in [0.15, 0.2) is 42.5 Å². The summed E-state index contributed by atoms with van der Waals surface area (Å²) in [5, 5.41) is 0.659. The molecule has 2 N–H and O–H groups in total. The van der Waals surface area contributed by atoms with Crippen LogP contribution in [-0.4, -0.2) is 19.6 Å². The number of carbonyl (C=O) groups excluding carboxylic acids is 1. The van der Waals surface area contributed by atoms with E-state index in [2.05, 4.69) is 5.92 Å². The molecule has 0 aliphatic carbocycles. The van der Waals surface area contributed by atoms with Gasteiger partial charge in [0.2, 0.25) is 5.91 Å². The third-order valence-corrected chi connectivity index (χ3v) is 4.07. The fourth-order valence-corrected chi connectivity index (χ4v) is 2.67. The molecule has 2 rings (SSSR count). The van der Waals surface area contributed by atoms with Crippen molar-refractivity contribution in [2.45, 2.75) is 12.8 Å². The molecule has 130 valence electrons. The highest BCUT2D eigenvalue weighted by molar-refractivity contribution is 6.30. The minimum Gasteiger partial charge on any atom is -0.493 e. The van der Waals surface area contributed by atoms with Crippen LogP contribution in [-0.2, 0) is 17.6 Å². The third-order valence-electron chi connectivity index (χ3n) is 3.82. The first-order valence-corrected chi connectivity index (χ1v) is 8.18. The van der Waals surface area contributed by atoms with Crippen molar-refractivity contribution >= 4 is 17.5 Å². The Kier molecular flexibility index (Phi) is 6.73. The fraction of sp³-hybridized carbons (Fsp3) is 0.250. The van der Waals surface area contributed by atoms with Gasteiger partial charge in [-0.1, -0.05) is 35.7 Å². The Balaban J connectivity index is 2.14. The predicted octanol–water partition coefficient (Wildman–Crippen LogP) is 3.25. The lowest BCUT2D eigenvalue weighted by Crippen LogP contribution is -2.27. The molecule has 1 atom stereocenters. The Bertz CT molecular complexity index is 766. The smallest absolute Gasteiger partial charge is 0.221 e. The zero-order valence-corrected chi connectivity index (χ0v) is 14.8. The molecule has 0 heterocycles. The zero-order valence-electron chi connectivity index (χ0n) is 14.0. The highest BCUT2D eigenvalue weighted by Crippen LogP contribution is 2.29. The van der Waals surface area contributed by atoms with Crippen molar-refractivity contribution in [3.8, 4) is 23.8 Å². The lowest BCUT2D eigenvalue weighted by molar-refractivity contribution is -0.121. The van der Waals surface area contributed by atoms with Gasteiger partial charge in [-0.15, -0.1) is 6.42 Å². The number of methoxy groups -OCH3 is 1. The van der Waals surface area contributed by atoms with E-state index in [0.29, 0.717) is 29.4 Å². The number of benzene rings is 2. The van der Waals surface area contributed by atoms with Crippen molar-refractivity contribution < 1.29 is 14.3 Å². The Hall–Kier alpha value is -2.64. The number of primary amides is 1. The number of hydrogen-bond acceptors (Lipinski definition) is 3. The van der Waals surface area contributed by atoms with Crippen molar-refractivity contribution in [2.24, 2.45) is 11.7 Å². The zero-order chi connectivity index (χ0) is 18.2. The van der Waals surface area contributed by atoms with Gasteiger partial charge in [0.15, 0.2) is 11.5 Å². The summed E-state index contributed by atoms with van der Waals surface area (Å²) < 4.78 is 10.8. The third kappa shape index (κ3) is 5.44. The maximum Gasteiger partial charge on any atom is 0.221 e. The second-order valence-corrected chi connectivity index (χ2v) is 6.05. The first kappa shape index (κ1) is 18.7. The summed E-state index contributed by atoms with van der Waals surface area (Å²) in [7, 11) is 1.56. The van der Waals surface area contributed by atoms with Crippen molar-refractivity contribution in [3.05, 3.63) is 58.6 Å². The Morgan fingerprint density at radius 1 is 1.16 bits per heavy atom. The van der Waals surface area contributed by atoms with Crippen LogP contribution < -0.4 is 15.2 Å². The quantitative estimate of drug-likeness (QED) is 0.738. The van der Waals surface area contributed by atoms with Gasteiger partial charge in [0.25, 0.3) is 0 Å². The molecule has 0 saturated heterocycles. The van der Waals surface area contributed by atoms with E-state index < -0.39 is 0 Å².